The van der Waals surface area contributed by atoms with Crippen molar-refractivity contribution in [2.75, 3.05) is 6.61 Å². The van der Waals surface area contributed by atoms with Gasteiger partial charge in [-0.2, -0.15) is 14.8 Å². The molecule has 0 aliphatic heterocycles. The molecule has 0 amide bonds. The van der Waals surface area contributed by atoms with Gasteiger partial charge in [0, 0.05) is 42.1 Å². The molecule has 0 atom stereocenters. The van der Waals surface area contributed by atoms with Crippen LogP contribution in [-0.2, 0) is 16.4 Å². The summed E-state index contributed by atoms with van der Waals surface area (Å²) in [5.41, 5.74) is 3.19. The van der Waals surface area contributed by atoms with Gasteiger partial charge < -0.3 is 5.11 Å². The van der Waals surface area contributed by atoms with Gasteiger partial charge in [-0.25, -0.2) is 17.4 Å². The summed E-state index contributed by atoms with van der Waals surface area (Å²) in [6.07, 6.45) is 5.11. The first kappa shape index (κ1) is 18.5. The highest BCUT2D eigenvalue weighted by Gasteiger charge is 2.25. The summed E-state index contributed by atoms with van der Waals surface area (Å²) in [5, 5.41) is 18.7. The van der Waals surface area contributed by atoms with E-state index in [1.54, 1.807) is 55.0 Å². The van der Waals surface area contributed by atoms with Crippen LogP contribution in [0.15, 0.2) is 78.1 Å². The molecule has 1 aromatic carbocycles. The van der Waals surface area contributed by atoms with Crippen LogP contribution in [0.2, 0.25) is 0 Å². The second-order valence-corrected chi connectivity index (χ2v) is 8.53. The number of nitrogens with zero attached hydrogens (tertiary/aromatic N) is 5. The second-order valence-electron chi connectivity index (χ2n) is 6.74. The first-order chi connectivity index (χ1) is 14.6. The molecule has 0 saturated carbocycles. The molecular formula is C21H17N5O3S. The third-order valence-corrected chi connectivity index (χ3v) is 6.73. The van der Waals surface area contributed by atoms with Gasteiger partial charge in [-0.1, -0.05) is 18.2 Å². The fraction of sp³-hybridized carbons (Fsp3) is 0.0952. The molecule has 0 unspecified atom stereocenters. The van der Waals surface area contributed by atoms with Crippen LogP contribution in [-0.4, -0.2) is 43.9 Å². The summed E-state index contributed by atoms with van der Waals surface area (Å²) in [5.74, 6) is 0. The Balaban J connectivity index is 1.81. The summed E-state index contributed by atoms with van der Waals surface area (Å²) < 4.78 is 29.6. The third kappa shape index (κ3) is 2.78. The number of pyridine rings is 1. The minimum absolute atomic E-state index is 0.161. The van der Waals surface area contributed by atoms with Crippen LogP contribution >= 0.6 is 0 Å². The van der Waals surface area contributed by atoms with Gasteiger partial charge >= 0.3 is 0 Å². The lowest BCUT2D eigenvalue weighted by Crippen LogP contribution is -2.16. The van der Waals surface area contributed by atoms with Crippen molar-refractivity contribution in [3.8, 4) is 11.1 Å². The Hall–Kier alpha value is -3.56. The predicted octanol–water partition coefficient (Wildman–Crippen LogP) is 2.52. The summed E-state index contributed by atoms with van der Waals surface area (Å²) in [7, 11) is -3.89. The number of hydrogen-bond donors (Lipinski definition) is 1. The van der Waals surface area contributed by atoms with Crippen molar-refractivity contribution in [2.45, 2.75) is 11.3 Å². The van der Waals surface area contributed by atoms with Crippen LogP contribution in [0.5, 0.6) is 0 Å². The molecule has 150 valence electrons. The molecule has 0 radical (unpaired) electrons. The lowest BCUT2D eigenvalue weighted by Gasteiger charge is -2.11. The van der Waals surface area contributed by atoms with Crippen molar-refractivity contribution in [3.05, 3.63) is 78.9 Å². The molecule has 5 rings (SSSR count). The Labute approximate surface area is 172 Å². The van der Waals surface area contributed by atoms with Gasteiger partial charge in [-0.05, 0) is 42.0 Å². The second kappa shape index (κ2) is 7.05. The van der Waals surface area contributed by atoms with E-state index in [1.165, 1.54) is 8.60 Å². The van der Waals surface area contributed by atoms with Crippen molar-refractivity contribution in [1.29, 1.82) is 0 Å². The maximum atomic E-state index is 13.4. The summed E-state index contributed by atoms with van der Waals surface area (Å²) in [6.45, 7) is -0.184. The van der Waals surface area contributed by atoms with E-state index >= 15 is 0 Å². The molecule has 0 aliphatic carbocycles. The van der Waals surface area contributed by atoms with Crippen LogP contribution in [0.4, 0.5) is 0 Å². The first-order valence-corrected chi connectivity index (χ1v) is 10.8. The number of rotatable bonds is 5. The van der Waals surface area contributed by atoms with Crippen LogP contribution in [0.3, 0.4) is 0 Å². The number of fused-ring (bicyclic) bond motifs is 2. The number of aliphatic hydroxyl groups excluding tert-OH is 1. The lowest BCUT2D eigenvalue weighted by atomic mass is 10.1. The van der Waals surface area contributed by atoms with E-state index in [4.69, 9.17) is 0 Å². The summed E-state index contributed by atoms with van der Waals surface area (Å²) >= 11 is 0. The van der Waals surface area contributed by atoms with E-state index in [0.29, 0.717) is 16.7 Å². The molecule has 0 saturated heterocycles. The maximum absolute atomic E-state index is 13.4. The molecule has 0 spiro atoms. The van der Waals surface area contributed by atoms with Gasteiger partial charge in [0.05, 0.1) is 16.6 Å². The number of aliphatic hydroxyl groups is 1. The van der Waals surface area contributed by atoms with Crippen LogP contribution in [0.1, 0.15) is 5.69 Å². The Morgan fingerprint density at radius 1 is 0.933 bits per heavy atom. The first-order valence-electron chi connectivity index (χ1n) is 9.31. The molecule has 0 aliphatic rings. The SMILES string of the molecule is O=S(=O)(c1ccccc1)n1c(CCO)cc2c(-c3cnn4ncccc34)ccnc21. The van der Waals surface area contributed by atoms with Crippen molar-refractivity contribution in [2.24, 2.45) is 0 Å². The zero-order valence-corrected chi connectivity index (χ0v) is 16.6. The average Bonchev–Trinajstić information content (AvgIpc) is 3.36. The molecule has 0 bridgehead atoms. The van der Waals surface area contributed by atoms with Crippen molar-refractivity contribution >= 4 is 26.6 Å². The fourth-order valence-electron chi connectivity index (χ4n) is 3.66. The minimum Gasteiger partial charge on any atom is -0.396 e. The van der Waals surface area contributed by atoms with Crippen molar-refractivity contribution in [3.63, 3.8) is 0 Å². The molecule has 4 aromatic heterocycles. The number of hydrogen-bond acceptors (Lipinski definition) is 6. The topological polar surface area (TPSA) is 102 Å². The fourth-order valence-corrected chi connectivity index (χ4v) is 5.19. The van der Waals surface area contributed by atoms with E-state index in [-0.39, 0.29) is 17.9 Å². The Bertz CT molecular complexity index is 1470. The van der Waals surface area contributed by atoms with Gasteiger partial charge in [0.25, 0.3) is 10.0 Å². The molecule has 9 heteroatoms. The standard InChI is InChI=1S/C21H17N5O3S/c27-12-9-15-13-18-17(19-14-24-26-20(19)7-4-10-23-26)8-11-22-21(18)25(15)30(28,29)16-5-2-1-3-6-16/h1-8,10-11,13-14,27H,9,12H2. The van der Waals surface area contributed by atoms with E-state index < -0.39 is 10.0 Å². The normalized spacial score (nSPS) is 12.0. The Morgan fingerprint density at radius 2 is 1.77 bits per heavy atom. The highest BCUT2D eigenvalue weighted by Crippen LogP contribution is 2.34. The monoisotopic (exact) mass is 419 g/mol. The molecule has 4 heterocycles. The molecule has 30 heavy (non-hydrogen) atoms. The highest BCUT2D eigenvalue weighted by molar-refractivity contribution is 7.90. The average molecular weight is 419 g/mol. The number of aromatic nitrogens is 5. The maximum Gasteiger partial charge on any atom is 0.269 e. The van der Waals surface area contributed by atoms with E-state index in [1.807, 2.05) is 18.2 Å². The van der Waals surface area contributed by atoms with Crippen molar-refractivity contribution in [1.82, 2.24) is 23.8 Å². The predicted molar refractivity (Wildman–Crippen MR) is 112 cm³/mol. The lowest BCUT2D eigenvalue weighted by molar-refractivity contribution is 0.298. The van der Waals surface area contributed by atoms with Crippen LogP contribution < -0.4 is 0 Å². The smallest absolute Gasteiger partial charge is 0.269 e. The quantitative estimate of drug-likeness (QED) is 0.470. The number of benzene rings is 1. The highest BCUT2D eigenvalue weighted by atomic mass is 32.2. The Kier molecular flexibility index (Phi) is 4.34. The molecule has 0 fully saturated rings. The molecule has 1 N–H and O–H groups in total. The van der Waals surface area contributed by atoms with Gasteiger partial charge in [0.15, 0.2) is 5.65 Å². The Morgan fingerprint density at radius 3 is 2.57 bits per heavy atom. The molecule has 5 aromatic rings. The van der Waals surface area contributed by atoms with E-state index in [2.05, 4.69) is 15.2 Å². The summed E-state index contributed by atoms with van der Waals surface area (Å²) in [6, 6.07) is 15.5. The van der Waals surface area contributed by atoms with Gasteiger partial charge in [0.2, 0.25) is 0 Å². The van der Waals surface area contributed by atoms with Crippen molar-refractivity contribution < 1.29 is 13.5 Å². The van der Waals surface area contributed by atoms with E-state index in [0.717, 1.165) is 16.6 Å². The van der Waals surface area contributed by atoms with Crippen LogP contribution in [0, 0.1) is 0 Å². The van der Waals surface area contributed by atoms with Crippen LogP contribution in [0.25, 0.3) is 27.7 Å². The third-order valence-electron chi connectivity index (χ3n) is 4.98. The summed E-state index contributed by atoms with van der Waals surface area (Å²) in [4.78, 5) is 4.55. The zero-order valence-electron chi connectivity index (χ0n) is 15.8. The largest absolute Gasteiger partial charge is 0.396 e. The molecule has 8 nitrogen and oxygen atoms in total. The molecular weight excluding hydrogens is 402 g/mol. The van der Waals surface area contributed by atoms with E-state index in [9.17, 15) is 13.5 Å². The van der Waals surface area contributed by atoms with Gasteiger partial charge in [-0.15, -0.1) is 0 Å². The van der Waals surface area contributed by atoms with Gasteiger partial charge in [0.1, 0.15) is 0 Å². The minimum atomic E-state index is -3.89. The van der Waals surface area contributed by atoms with Gasteiger partial charge in [-0.3, -0.25) is 0 Å². The zero-order chi connectivity index (χ0) is 20.7.